The highest BCUT2D eigenvalue weighted by molar-refractivity contribution is 6.04. The molecule has 3 aromatic rings. The molecule has 3 aromatic heterocycles. The van der Waals surface area contributed by atoms with Crippen LogP contribution in [-0.2, 0) is 27.3 Å². The lowest BCUT2D eigenvalue weighted by Gasteiger charge is -2.33. The Morgan fingerprint density at radius 1 is 1.23 bits per heavy atom. The van der Waals surface area contributed by atoms with Crippen molar-refractivity contribution in [3.63, 3.8) is 0 Å². The van der Waals surface area contributed by atoms with Crippen molar-refractivity contribution in [1.82, 2.24) is 35.0 Å². The molecule has 1 saturated heterocycles. The van der Waals surface area contributed by atoms with E-state index in [4.69, 9.17) is 14.8 Å². The number of nitrogens with one attached hydrogen (secondary N) is 2. The maximum Gasteiger partial charge on any atom is 0.322 e. The molecular weight excluding hydrogens is 510 g/mol. The molecule has 2 aliphatic carbocycles. The number of methoxy groups -OCH3 is 1. The van der Waals surface area contributed by atoms with E-state index < -0.39 is 11.4 Å². The number of nitrogens with zero attached hydrogens (tertiary/aromatic N) is 5. The number of aryl methyl sites for hydroxylation is 1. The topological polar surface area (TPSA) is 133 Å². The van der Waals surface area contributed by atoms with Crippen LogP contribution in [0.4, 0.5) is 0 Å². The van der Waals surface area contributed by atoms with Crippen LogP contribution in [0.3, 0.4) is 0 Å². The molecule has 3 aliphatic rings. The zero-order valence-electron chi connectivity index (χ0n) is 23.3. The summed E-state index contributed by atoms with van der Waals surface area (Å²) in [5, 5.41) is 15.2. The highest BCUT2D eigenvalue weighted by Gasteiger charge is 2.64. The highest BCUT2D eigenvalue weighted by Crippen LogP contribution is 2.55. The summed E-state index contributed by atoms with van der Waals surface area (Å²) in [6.45, 7) is 5.44. The Hall–Kier alpha value is -3.76. The second-order valence-electron chi connectivity index (χ2n) is 11.7. The zero-order valence-corrected chi connectivity index (χ0v) is 23.3. The summed E-state index contributed by atoms with van der Waals surface area (Å²) in [5.41, 5.74) is 1.27. The molecular formula is C29H37N7O4. The normalized spacial score (nSPS) is 28.4. The van der Waals surface area contributed by atoms with Gasteiger partial charge in [-0.3, -0.25) is 19.1 Å². The van der Waals surface area contributed by atoms with E-state index in [9.17, 15) is 14.4 Å². The molecule has 4 heterocycles. The fourth-order valence-electron chi connectivity index (χ4n) is 6.85. The SMILES string of the molecule is CCn1nccc1C(=O)N[C@H](c1cn2nc(CC3(C(=O)OC)C(=O)NCC4CC43)ccc2n1)[C@H]1CC[C@H](C)CC1. The second kappa shape index (κ2) is 10.3. The summed E-state index contributed by atoms with van der Waals surface area (Å²) in [4.78, 5) is 44.2. The number of rotatable bonds is 8. The molecule has 1 aliphatic heterocycles. The first-order valence-electron chi connectivity index (χ1n) is 14.4. The van der Waals surface area contributed by atoms with E-state index in [0.717, 1.165) is 37.8 Å². The van der Waals surface area contributed by atoms with Gasteiger partial charge in [-0.25, -0.2) is 9.50 Å². The number of fused-ring (bicyclic) bond motifs is 2. The third-order valence-electron chi connectivity index (χ3n) is 9.27. The molecule has 0 radical (unpaired) electrons. The summed E-state index contributed by atoms with van der Waals surface area (Å²) < 4.78 is 8.51. The Labute approximate surface area is 233 Å². The average Bonchev–Trinajstić information content (AvgIpc) is 3.40. The van der Waals surface area contributed by atoms with Gasteiger partial charge in [0.2, 0.25) is 5.91 Å². The van der Waals surface area contributed by atoms with Crippen molar-refractivity contribution < 1.29 is 19.1 Å². The largest absolute Gasteiger partial charge is 0.468 e. The van der Waals surface area contributed by atoms with E-state index in [2.05, 4.69) is 22.7 Å². The minimum absolute atomic E-state index is 0.0330. The molecule has 0 aromatic carbocycles. The maximum absolute atomic E-state index is 13.4. The highest BCUT2D eigenvalue weighted by atomic mass is 16.5. The van der Waals surface area contributed by atoms with Crippen molar-refractivity contribution in [2.75, 3.05) is 13.7 Å². The predicted octanol–water partition coefficient (Wildman–Crippen LogP) is 2.71. The summed E-state index contributed by atoms with van der Waals surface area (Å²) in [7, 11) is 1.33. The van der Waals surface area contributed by atoms with E-state index in [0.29, 0.717) is 42.0 Å². The Bertz CT molecular complexity index is 1430. The van der Waals surface area contributed by atoms with E-state index in [1.165, 1.54) is 7.11 Å². The van der Waals surface area contributed by atoms with Crippen molar-refractivity contribution in [3.05, 3.63) is 47.7 Å². The van der Waals surface area contributed by atoms with Crippen LogP contribution in [0.25, 0.3) is 5.65 Å². The third kappa shape index (κ3) is 4.54. The summed E-state index contributed by atoms with van der Waals surface area (Å²) in [6.07, 6.45) is 8.73. The molecule has 3 fully saturated rings. The summed E-state index contributed by atoms with van der Waals surface area (Å²) in [5.74, 6) is 0.225. The summed E-state index contributed by atoms with van der Waals surface area (Å²) in [6, 6.07) is 5.14. The lowest BCUT2D eigenvalue weighted by Crippen LogP contribution is -2.54. The fourth-order valence-corrected chi connectivity index (χ4v) is 6.85. The minimum Gasteiger partial charge on any atom is -0.468 e. The van der Waals surface area contributed by atoms with Crippen molar-refractivity contribution in [1.29, 1.82) is 0 Å². The molecule has 40 heavy (non-hydrogen) atoms. The molecule has 4 atom stereocenters. The molecule has 11 nitrogen and oxygen atoms in total. The summed E-state index contributed by atoms with van der Waals surface area (Å²) >= 11 is 0. The number of imidazole rings is 1. The first-order valence-corrected chi connectivity index (χ1v) is 14.4. The van der Waals surface area contributed by atoms with Gasteiger partial charge < -0.3 is 15.4 Å². The molecule has 0 spiro atoms. The Morgan fingerprint density at radius 3 is 2.77 bits per heavy atom. The number of carbonyl (C=O) groups is 3. The van der Waals surface area contributed by atoms with Crippen LogP contribution in [0.1, 0.15) is 73.9 Å². The molecule has 2 amide bonds. The van der Waals surface area contributed by atoms with Crippen molar-refractivity contribution in [2.45, 2.75) is 65.0 Å². The van der Waals surface area contributed by atoms with Crippen LogP contribution in [0.2, 0.25) is 0 Å². The molecule has 3 unspecified atom stereocenters. The number of esters is 1. The number of aromatic nitrogens is 5. The minimum atomic E-state index is -1.26. The first kappa shape index (κ1) is 26.5. The van der Waals surface area contributed by atoms with Gasteiger partial charge in [0, 0.05) is 25.7 Å². The van der Waals surface area contributed by atoms with E-state index in [1.54, 1.807) is 21.5 Å². The Morgan fingerprint density at radius 2 is 2.02 bits per heavy atom. The van der Waals surface area contributed by atoms with Crippen LogP contribution in [0.15, 0.2) is 30.6 Å². The second-order valence-corrected chi connectivity index (χ2v) is 11.7. The van der Waals surface area contributed by atoms with Crippen LogP contribution < -0.4 is 10.6 Å². The van der Waals surface area contributed by atoms with Gasteiger partial charge in [-0.15, -0.1) is 0 Å². The lowest BCUT2D eigenvalue weighted by atomic mass is 9.74. The van der Waals surface area contributed by atoms with Gasteiger partial charge >= 0.3 is 5.97 Å². The fraction of sp³-hybridized carbons (Fsp3) is 0.586. The van der Waals surface area contributed by atoms with Gasteiger partial charge in [0.25, 0.3) is 5.91 Å². The van der Waals surface area contributed by atoms with Gasteiger partial charge in [0.15, 0.2) is 11.1 Å². The van der Waals surface area contributed by atoms with E-state index in [1.807, 2.05) is 25.3 Å². The molecule has 212 valence electrons. The molecule has 2 N–H and O–H groups in total. The number of hydrogen-bond acceptors (Lipinski definition) is 7. The van der Waals surface area contributed by atoms with Crippen LogP contribution in [0.5, 0.6) is 0 Å². The van der Waals surface area contributed by atoms with Gasteiger partial charge in [0.05, 0.1) is 30.7 Å². The zero-order chi connectivity index (χ0) is 28.0. The van der Waals surface area contributed by atoms with Crippen LogP contribution in [-0.4, -0.2) is 55.8 Å². The number of ether oxygens (including phenoxy) is 1. The van der Waals surface area contributed by atoms with Crippen LogP contribution >= 0.6 is 0 Å². The quantitative estimate of drug-likeness (QED) is 0.327. The van der Waals surface area contributed by atoms with Crippen molar-refractivity contribution in [3.8, 4) is 0 Å². The molecule has 2 saturated carbocycles. The number of carbonyl (C=O) groups excluding carboxylic acids is 3. The van der Waals surface area contributed by atoms with Crippen LogP contribution in [0, 0.1) is 29.1 Å². The van der Waals surface area contributed by atoms with Gasteiger partial charge in [-0.2, -0.15) is 10.2 Å². The van der Waals surface area contributed by atoms with E-state index >= 15 is 0 Å². The number of hydrogen-bond donors (Lipinski definition) is 2. The smallest absolute Gasteiger partial charge is 0.322 e. The number of amides is 2. The molecule has 0 bridgehead atoms. The monoisotopic (exact) mass is 547 g/mol. The van der Waals surface area contributed by atoms with Gasteiger partial charge in [0.1, 0.15) is 5.69 Å². The third-order valence-corrected chi connectivity index (χ3v) is 9.27. The van der Waals surface area contributed by atoms with Gasteiger partial charge in [-0.1, -0.05) is 19.8 Å². The Kier molecular flexibility index (Phi) is 6.83. The first-order chi connectivity index (χ1) is 19.3. The Balaban J connectivity index is 1.31. The van der Waals surface area contributed by atoms with Crippen molar-refractivity contribution in [2.24, 2.45) is 29.1 Å². The maximum atomic E-state index is 13.4. The van der Waals surface area contributed by atoms with Crippen molar-refractivity contribution >= 4 is 23.4 Å². The standard InChI is InChI=1S/C29H37N7O4/c1-4-35-23(11-12-31-35)26(37)33-25(18-7-5-17(2)6-8-18)22-16-36-24(32-22)10-9-20(34-36)14-29(28(39)40-3)21-13-19(21)15-30-27(29)38/h9-12,16-19,21,25H,4-8,13-15H2,1-3H3,(H,30,38)(H,33,37)/t17-,18-,19?,21?,25-,29?/m0/s1. The van der Waals surface area contributed by atoms with Gasteiger partial charge in [-0.05, 0) is 68.1 Å². The average molecular weight is 548 g/mol. The predicted molar refractivity (Wildman–Crippen MR) is 145 cm³/mol. The number of piperidine rings is 1. The lowest BCUT2D eigenvalue weighted by molar-refractivity contribution is -0.162. The molecule has 11 heteroatoms. The molecule has 6 rings (SSSR count). The van der Waals surface area contributed by atoms with E-state index in [-0.39, 0.29) is 36.1 Å².